The third-order valence-corrected chi connectivity index (χ3v) is 7.58. The number of likely N-dealkylation sites (N-methyl/N-ethyl adjacent to an activating group) is 2. The minimum atomic E-state index is -1.17. The largest absolute Gasteiger partial charge is 0.452 e. The molecule has 0 bridgehead atoms. The molecule has 0 aliphatic carbocycles. The van der Waals surface area contributed by atoms with Crippen LogP contribution in [0.3, 0.4) is 0 Å². The third kappa shape index (κ3) is 7.60. The van der Waals surface area contributed by atoms with Gasteiger partial charge in [-0.3, -0.25) is 28.8 Å². The van der Waals surface area contributed by atoms with E-state index < -0.39 is 65.8 Å². The van der Waals surface area contributed by atoms with Gasteiger partial charge in [0.15, 0.2) is 6.10 Å². The molecular formula is C28H45N5O7. The molecule has 2 heterocycles. The van der Waals surface area contributed by atoms with Crippen molar-refractivity contribution in [1.82, 2.24) is 25.3 Å². The van der Waals surface area contributed by atoms with Crippen LogP contribution in [0.15, 0.2) is 12.7 Å². The van der Waals surface area contributed by atoms with E-state index in [0.717, 1.165) is 0 Å². The van der Waals surface area contributed by atoms with Gasteiger partial charge in [0.2, 0.25) is 23.6 Å². The lowest BCUT2D eigenvalue weighted by molar-refractivity contribution is -0.161. The van der Waals surface area contributed by atoms with Gasteiger partial charge in [-0.1, -0.05) is 33.8 Å². The number of ether oxygens (including phenoxy) is 1. The maximum absolute atomic E-state index is 13.7. The maximum atomic E-state index is 13.7. The number of amides is 5. The van der Waals surface area contributed by atoms with Gasteiger partial charge in [0, 0.05) is 33.6 Å². The third-order valence-electron chi connectivity index (χ3n) is 7.58. The highest BCUT2D eigenvalue weighted by molar-refractivity contribution is 5.96. The van der Waals surface area contributed by atoms with Crippen molar-refractivity contribution in [2.24, 2.45) is 11.8 Å². The quantitative estimate of drug-likeness (QED) is 0.373. The zero-order chi connectivity index (χ0) is 30.3. The first-order chi connectivity index (χ1) is 18.7. The molecule has 1 unspecified atom stereocenters. The van der Waals surface area contributed by atoms with E-state index in [-0.39, 0.29) is 31.2 Å². The van der Waals surface area contributed by atoms with Crippen LogP contribution >= 0.6 is 0 Å². The average molecular weight is 564 g/mol. The summed E-state index contributed by atoms with van der Waals surface area (Å²) in [5.41, 5.74) is 0. The summed E-state index contributed by atoms with van der Waals surface area (Å²) in [5.74, 6) is -3.67. The molecule has 0 aromatic heterocycles. The van der Waals surface area contributed by atoms with Gasteiger partial charge in [-0.05, 0) is 31.6 Å². The van der Waals surface area contributed by atoms with Crippen LogP contribution in [-0.2, 0) is 33.5 Å². The first-order valence-electron chi connectivity index (χ1n) is 13.9. The topological polar surface area (TPSA) is 145 Å². The Balaban J connectivity index is 2.50. The van der Waals surface area contributed by atoms with Gasteiger partial charge in [-0.2, -0.15) is 0 Å². The summed E-state index contributed by atoms with van der Waals surface area (Å²) < 4.78 is 5.43. The van der Waals surface area contributed by atoms with Gasteiger partial charge in [0.1, 0.15) is 24.2 Å². The number of fused-ring (bicyclic) bond motifs is 1. The number of carbonyl (C=O) groups excluding carboxylic acids is 6. The smallest absolute Gasteiger partial charge is 0.308 e. The highest BCUT2D eigenvalue weighted by atomic mass is 16.5. The minimum absolute atomic E-state index is 0.0558. The first-order valence-corrected chi connectivity index (χ1v) is 13.9. The number of carbonyl (C=O) groups is 6. The summed E-state index contributed by atoms with van der Waals surface area (Å²) in [6.45, 7) is 12.6. The van der Waals surface area contributed by atoms with E-state index in [4.69, 9.17) is 4.74 Å². The van der Waals surface area contributed by atoms with Gasteiger partial charge >= 0.3 is 5.97 Å². The van der Waals surface area contributed by atoms with Crippen molar-refractivity contribution in [1.29, 1.82) is 0 Å². The predicted octanol–water partition coefficient (Wildman–Crippen LogP) is 0.456. The van der Waals surface area contributed by atoms with Crippen molar-refractivity contribution in [3.05, 3.63) is 12.7 Å². The SMILES string of the molecule is C=CC[C@H]1OC(=O)CCNC(=O)[C@H](C)N(C)C(=O)C(C(C)C)N(C)C(=O)[C@H](C(C)C)NC(=O)[C@@H]2CCCN2C1=O. The van der Waals surface area contributed by atoms with E-state index >= 15 is 0 Å². The monoisotopic (exact) mass is 563 g/mol. The van der Waals surface area contributed by atoms with Crippen LogP contribution in [0.2, 0.25) is 0 Å². The van der Waals surface area contributed by atoms with E-state index in [1.165, 1.54) is 34.9 Å². The Morgan fingerprint density at radius 3 is 2.17 bits per heavy atom. The van der Waals surface area contributed by atoms with Crippen LogP contribution < -0.4 is 10.6 Å². The number of nitrogens with one attached hydrogen (secondary N) is 2. The second-order valence-corrected chi connectivity index (χ2v) is 11.2. The van der Waals surface area contributed by atoms with Gasteiger partial charge < -0.3 is 30.1 Å². The number of hydrogen-bond acceptors (Lipinski definition) is 7. The number of esters is 1. The molecule has 2 fully saturated rings. The van der Waals surface area contributed by atoms with Crippen molar-refractivity contribution in [3.8, 4) is 0 Å². The number of hydrogen-bond donors (Lipinski definition) is 2. The summed E-state index contributed by atoms with van der Waals surface area (Å²) in [6, 6.07) is -3.59. The molecule has 5 amide bonds. The standard InChI is InChI=1S/C28H45N5O7/c1-9-11-20-26(37)33-15-10-12-19(33)25(36)30-22(16(2)3)27(38)32(8)23(17(4)5)28(39)31(7)18(6)24(35)29-14-13-21(34)40-20/h9,16-20,22-23H,1,10-15H2,2-8H3,(H,29,35)(H,30,36)/t18-,19-,20+,22-,23?/m0/s1. The van der Waals surface area contributed by atoms with E-state index in [0.29, 0.717) is 19.4 Å². The Kier molecular flexibility index (Phi) is 11.7. The second kappa shape index (κ2) is 14.3. The molecule has 0 aromatic carbocycles. The Morgan fingerprint density at radius 1 is 0.950 bits per heavy atom. The van der Waals surface area contributed by atoms with Crippen molar-refractivity contribution < 1.29 is 33.5 Å². The van der Waals surface area contributed by atoms with E-state index in [9.17, 15) is 28.8 Å². The lowest BCUT2D eigenvalue weighted by Crippen LogP contribution is -2.60. The highest BCUT2D eigenvalue weighted by Crippen LogP contribution is 2.22. The number of rotatable bonds is 4. The summed E-state index contributed by atoms with van der Waals surface area (Å²) in [6.07, 6.45) is 1.12. The second-order valence-electron chi connectivity index (χ2n) is 11.2. The van der Waals surface area contributed by atoms with Gasteiger partial charge in [0.05, 0.1) is 6.42 Å². The Bertz CT molecular complexity index is 998. The van der Waals surface area contributed by atoms with E-state index in [2.05, 4.69) is 17.2 Å². The van der Waals surface area contributed by atoms with Crippen LogP contribution in [-0.4, -0.2) is 108 Å². The molecule has 0 aromatic rings. The lowest BCUT2D eigenvalue weighted by atomic mass is 9.97. The van der Waals surface area contributed by atoms with Crippen molar-refractivity contribution >= 4 is 35.5 Å². The summed E-state index contributed by atoms with van der Waals surface area (Å²) in [4.78, 5) is 83.5. The molecule has 2 saturated heterocycles. The molecule has 0 saturated carbocycles. The Morgan fingerprint density at radius 2 is 1.60 bits per heavy atom. The molecule has 0 spiro atoms. The zero-order valence-electron chi connectivity index (χ0n) is 24.8. The van der Waals surface area contributed by atoms with Gasteiger partial charge in [-0.15, -0.1) is 6.58 Å². The molecule has 224 valence electrons. The van der Waals surface area contributed by atoms with Crippen LogP contribution in [0, 0.1) is 11.8 Å². The minimum Gasteiger partial charge on any atom is -0.452 e. The molecule has 40 heavy (non-hydrogen) atoms. The van der Waals surface area contributed by atoms with Gasteiger partial charge in [-0.25, -0.2) is 0 Å². The van der Waals surface area contributed by atoms with Crippen molar-refractivity contribution in [2.45, 2.75) is 90.6 Å². The molecule has 0 radical (unpaired) electrons. The zero-order valence-corrected chi connectivity index (χ0v) is 24.8. The summed E-state index contributed by atoms with van der Waals surface area (Å²) in [5, 5.41) is 5.45. The first kappa shape index (κ1) is 32.8. The fourth-order valence-corrected chi connectivity index (χ4v) is 5.08. The molecule has 12 nitrogen and oxygen atoms in total. The average Bonchev–Trinajstić information content (AvgIpc) is 3.38. The van der Waals surface area contributed by atoms with E-state index in [1.54, 1.807) is 34.6 Å². The summed E-state index contributed by atoms with van der Waals surface area (Å²) in [7, 11) is 3.00. The highest BCUT2D eigenvalue weighted by Gasteiger charge is 2.42. The number of nitrogens with zero attached hydrogens (tertiary/aromatic N) is 3. The van der Waals surface area contributed by atoms with E-state index in [1.807, 2.05) is 0 Å². The lowest BCUT2D eigenvalue weighted by Gasteiger charge is -2.37. The predicted molar refractivity (Wildman–Crippen MR) is 147 cm³/mol. The fraction of sp³-hybridized carbons (Fsp3) is 0.714. The molecule has 12 heteroatoms. The molecule has 2 aliphatic rings. The molecule has 2 N–H and O–H groups in total. The van der Waals surface area contributed by atoms with Crippen molar-refractivity contribution in [3.63, 3.8) is 0 Å². The Labute approximate surface area is 236 Å². The van der Waals surface area contributed by atoms with Gasteiger partial charge in [0.25, 0.3) is 5.91 Å². The van der Waals surface area contributed by atoms with Crippen LogP contribution in [0.1, 0.15) is 60.3 Å². The normalized spacial score (nSPS) is 28.5. The number of cyclic esters (lactones) is 1. The Hall–Kier alpha value is -3.44. The van der Waals surface area contributed by atoms with Crippen LogP contribution in [0.4, 0.5) is 0 Å². The van der Waals surface area contributed by atoms with Crippen LogP contribution in [0.25, 0.3) is 0 Å². The van der Waals surface area contributed by atoms with Crippen molar-refractivity contribution in [2.75, 3.05) is 27.2 Å². The molecule has 2 rings (SSSR count). The maximum Gasteiger partial charge on any atom is 0.308 e. The summed E-state index contributed by atoms with van der Waals surface area (Å²) >= 11 is 0. The molecule has 5 atom stereocenters. The van der Waals surface area contributed by atoms with Crippen LogP contribution in [0.5, 0.6) is 0 Å². The molecule has 2 aliphatic heterocycles. The fourth-order valence-electron chi connectivity index (χ4n) is 5.08. The molecular weight excluding hydrogens is 518 g/mol.